The largest absolute Gasteiger partial charge is 0.462 e. The number of carbonyl (C=O) groups is 1. The lowest BCUT2D eigenvalue weighted by atomic mass is 10.3. The Balaban J connectivity index is 2.55. The lowest BCUT2D eigenvalue weighted by molar-refractivity contribution is 0.0467. The Morgan fingerprint density at radius 3 is 3.00 bits per heavy atom. The minimum atomic E-state index is -0.687. The molecule has 0 aliphatic rings. The third-order valence-electron chi connectivity index (χ3n) is 1.75. The van der Waals surface area contributed by atoms with Crippen molar-refractivity contribution in [2.45, 2.75) is 6.42 Å². The van der Waals surface area contributed by atoms with Crippen LogP contribution in [-0.2, 0) is 9.47 Å². The molecule has 0 saturated heterocycles. The van der Waals surface area contributed by atoms with E-state index in [2.05, 4.69) is 4.98 Å². The first-order valence-corrected chi connectivity index (χ1v) is 5.00. The Morgan fingerprint density at radius 1 is 1.56 bits per heavy atom. The fourth-order valence-electron chi connectivity index (χ4n) is 1.01. The highest BCUT2D eigenvalue weighted by molar-refractivity contribution is 6.32. The molecular weight excluding hydrogens is 237 g/mol. The molecule has 0 saturated carbocycles. The van der Waals surface area contributed by atoms with Crippen molar-refractivity contribution >= 4 is 17.6 Å². The lowest BCUT2D eigenvalue weighted by Gasteiger charge is -2.05. The second kappa shape index (κ2) is 6.40. The Morgan fingerprint density at radius 2 is 2.31 bits per heavy atom. The van der Waals surface area contributed by atoms with Gasteiger partial charge in [0.2, 0.25) is 0 Å². The van der Waals surface area contributed by atoms with Crippen LogP contribution in [-0.4, -0.2) is 31.3 Å². The van der Waals surface area contributed by atoms with E-state index < -0.39 is 11.8 Å². The van der Waals surface area contributed by atoms with E-state index in [-0.39, 0.29) is 17.3 Å². The average Bonchev–Trinajstić information content (AvgIpc) is 2.27. The van der Waals surface area contributed by atoms with Gasteiger partial charge in [0.05, 0.1) is 18.4 Å². The van der Waals surface area contributed by atoms with E-state index in [0.717, 1.165) is 12.3 Å². The number of hydrogen-bond acceptors (Lipinski definition) is 4. The third kappa shape index (κ3) is 3.75. The smallest absolute Gasteiger partial charge is 0.341 e. The molecule has 0 fully saturated rings. The Kier molecular flexibility index (Phi) is 5.14. The number of carbonyl (C=O) groups excluding carboxylic acids is 1. The summed E-state index contributed by atoms with van der Waals surface area (Å²) < 4.78 is 22.4. The number of esters is 1. The van der Waals surface area contributed by atoms with E-state index in [1.807, 2.05) is 0 Å². The molecule has 0 aliphatic carbocycles. The first kappa shape index (κ1) is 12.9. The van der Waals surface area contributed by atoms with E-state index in [1.165, 1.54) is 0 Å². The van der Waals surface area contributed by atoms with Gasteiger partial charge in [0.15, 0.2) is 0 Å². The Hall–Kier alpha value is -1.20. The van der Waals surface area contributed by atoms with E-state index in [4.69, 9.17) is 21.1 Å². The highest BCUT2D eigenvalue weighted by atomic mass is 35.5. The van der Waals surface area contributed by atoms with Crippen molar-refractivity contribution in [3.8, 4) is 0 Å². The zero-order chi connectivity index (χ0) is 12.0. The van der Waals surface area contributed by atoms with Crippen LogP contribution in [0.2, 0.25) is 5.15 Å². The first-order valence-electron chi connectivity index (χ1n) is 4.62. The van der Waals surface area contributed by atoms with Gasteiger partial charge < -0.3 is 9.47 Å². The van der Waals surface area contributed by atoms with Gasteiger partial charge in [-0.05, 0) is 6.07 Å². The van der Waals surface area contributed by atoms with Crippen molar-refractivity contribution in [2.75, 3.05) is 20.3 Å². The molecule has 1 heterocycles. The maximum absolute atomic E-state index is 12.8. The van der Waals surface area contributed by atoms with E-state index in [1.54, 1.807) is 7.11 Å². The molecule has 0 aromatic carbocycles. The summed E-state index contributed by atoms with van der Waals surface area (Å²) in [5.74, 6) is -1.32. The van der Waals surface area contributed by atoms with Crippen molar-refractivity contribution in [1.29, 1.82) is 0 Å². The minimum absolute atomic E-state index is 0.0703. The normalized spacial score (nSPS) is 10.2. The molecule has 1 rings (SSSR count). The number of aromatic nitrogens is 1. The van der Waals surface area contributed by atoms with Crippen LogP contribution in [0.4, 0.5) is 4.39 Å². The SMILES string of the molecule is COCCCOC(=O)c1cc(F)cnc1Cl. The molecule has 0 unspecified atom stereocenters. The van der Waals surface area contributed by atoms with Gasteiger partial charge in [-0.3, -0.25) is 0 Å². The average molecular weight is 248 g/mol. The van der Waals surface area contributed by atoms with Crippen molar-refractivity contribution in [3.05, 3.63) is 28.8 Å². The van der Waals surface area contributed by atoms with Crippen LogP contribution < -0.4 is 0 Å². The standard InChI is InChI=1S/C10H11ClFNO3/c1-15-3-2-4-16-10(14)8-5-7(12)6-13-9(8)11/h5-6H,2-4H2,1H3. The number of ether oxygens (including phenoxy) is 2. The van der Waals surface area contributed by atoms with Crippen LogP contribution in [0, 0.1) is 5.82 Å². The van der Waals surface area contributed by atoms with Gasteiger partial charge in [-0.25, -0.2) is 14.2 Å². The topological polar surface area (TPSA) is 48.4 Å². The molecule has 4 nitrogen and oxygen atoms in total. The van der Waals surface area contributed by atoms with Crippen molar-refractivity contribution in [3.63, 3.8) is 0 Å². The Labute approximate surface area is 97.3 Å². The molecule has 0 bridgehead atoms. The lowest BCUT2D eigenvalue weighted by Crippen LogP contribution is -2.09. The van der Waals surface area contributed by atoms with Gasteiger partial charge >= 0.3 is 5.97 Å². The second-order valence-electron chi connectivity index (χ2n) is 2.97. The highest BCUT2D eigenvalue weighted by Crippen LogP contribution is 2.14. The summed E-state index contributed by atoms with van der Waals surface area (Å²) in [7, 11) is 1.55. The number of methoxy groups -OCH3 is 1. The Bertz CT molecular complexity index is 373. The molecule has 0 spiro atoms. The second-order valence-corrected chi connectivity index (χ2v) is 3.33. The molecule has 1 aromatic rings. The molecule has 88 valence electrons. The van der Waals surface area contributed by atoms with Gasteiger partial charge in [-0.2, -0.15) is 0 Å². The summed E-state index contributed by atoms with van der Waals surface area (Å²) >= 11 is 5.63. The number of nitrogens with zero attached hydrogens (tertiary/aromatic N) is 1. The molecule has 16 heavy (non-hydrogen) atoms. The van der Waals surface area contributed by atoms with Gasteiger partial charge in [0, 0.05) is 20.1 Å². The predicted octanol–water partition coefficient (Wildman–Crippen LogP) is 2.07. The fourth-order valence-corrected chi connectivity index (χ4v) is 1.19. The van der Waals surface area contributed by atoms with Crippen LogP contribution in [0.5, 0.6) is 0 Å². The van der Waals surface area contributed by atoms with Crippen molar-refractivity contribution < 1.29 is 18.7 Å². The predicted molar refractivity (Wildman–Crippen MR) is 56.0 cm³/mol. The van der Waals surface area contributed by atoms with Crippen molar-refractivity contribution in [2.24, 2.45) is 0 Å². The summed E-state index contributed by atoms with van der Waals surface area (Å²) in [6, 6.07) is 0.994. The zero-order valence-electron chi connectivity index (χ0n) is 8.70. The third-order valence-corrected chi connectivity index (χ3v) is 2.05. The molecule has 0 radical (unpaired) electrons. The maximum Gasteiger partial charge on any atom is 0.341 e. The number of pyridine rings is 1. The monoisotopic (exact) mass is 247 g/mol. The van der Waals surface area contributed by atoms with Crippen LogP contribution in [0.3, 0.4) is 0 Å². The number of halogens is 2. The summed E-state index contributed by atoms with van der Waals surface area (Å²) in [6.07, 6.45) is 1.51. The minimum Gasteiger partial charge on any atom is -0.462 e. The van der Waals surface area contributed by atoms with E-state index >= 15 is 0 Å². The quantitative estimate of drug-likeness (QED) is 0.454. The van der Waals surface area contributed by atoms with Gasteiger partial charge in [-0.15, -0.1) is 0 Å². The summed E-state index contributed by atoms with van der Waals surface area (Å²) in [6.45, 7) is 0.682. The highest BCUT2D eigenvalue weighted by Gasteiger charge is 2.13. The van der Waals surface area contributed by atoms with Gasteiger partial charge in [0.1, 0.15) is 11.0 Å². The van der Waals surface area contributed by atoms with E-state index in [9.17, 15) is 9.18 Å². The van der Waals surface area contributed by atoms with Crippen LogP contribution in [0.15, 0.2) is 12.3 Å². The van der Waals surface area contributed by atoms with E-state index in [0.29, 0.717) is 13.0 Å². The molecule has 1 aromatic heterocycles. The molecule has 6 heteroatoms. The van der Waals surface area contributed by atoms with Crippen LogP contribution >= 0.6 is 11.6 Å². The first-order chi connectivity index (χ1) is 7.65. The van der Waals surface area contributed by atoms with Crippen LogP contribution in [0.25, 0.3) is 0 Å². The van der Waals surface area contributed by atoms with Gasteiger partial charge in [0.25, 0.3) is 0 Å². The summed E-state index contributed by atoms with van der Waals surface area (Å²) in [4.78, 5) is 14.9. The fraction of sp³-hybridized carbons (Fsp3) is 0.400. The van der Waals surface area contributed by atoms with Crippen LogP contribution in [0.1, 0.15) is 16.8 Å². The number of hydrogen-bond donors (Lipinski definition) is 0. The maximum atomic E-state index is 12.8. The molecule has 0 N–H and O–H groups in total. The molecular formula is C10H11ClFNO3. The molecule has 0 atom stereocenters. The van der Waals surface area contributed by atoms with Crippen molar-refractivity contribution in [1.82, 2.24) is 4.98 Å². The van der Waals surface area contributed by atoms with Gasteiger partial charge in [-0.1, -0.05) is 11.6 Å². The zero-order valence-corrected chi connectivity index (χ0v) is 9.46. The number of rotatable bonds is 5. The molecule has 0 aliphatic heterocycles. The summed E-state index contributed by atoms with van der Waals surface area (Å²) in [5, 5.41) is -0.0712. The summed E-state index contributed by atoms with van der Waals surface area (Å²) in [5.41, 5.74) is -0.0703. The molecule has 0 amide bonds.